The van der Waals surface area contributed by atoms with Crippen molar-refractivity contribution in [3.05, 3.63) is 66.4 Å². The molecule has 0 saturated heterocycles. The summed E-state index contributed by atoms with van der Waals surface area (Å²) in [5.74, 6) is -0.981. The van der Waals surface area contributed by atoms with E-state index in [0.717, 1.165) is 22.9 Å². The molecule has 172 valence electrons. The molecule has 1 unspecified atom stereocenters. The van der Waals surface area contributed by atoms with Gasteiger partial charge in [-0.25, -0.2) is 0 Å². The molecule has 0 fully saturated rings. The van der Waals surface area contributed by atoms with E-state index in [1.54, 1.807) is 18.3 Å². The molecule has 0 saturated carbocycles. The topological polar surface area (TPSA) is 134 Å². The molecule has 0 spiro atoms. The number of amides is 3. The fourth-order valence-corrected chi connectivity index (χ4v) is 3.46. The molecule has 8 nitrogen and oxygen atoms in total. The molecule has 0 aliphatic rings. The third-order valence-electron chi connectivity index (χ3n) is 5.22. The molecule has 3 rings (SSSR count). The predicted molar refractivity (Wildman–Crippen MR) is 127 cm³/mol. The van der Waals surface area contributed by atoms with E-state index in [0.29, 0.717) is 37.1 Å². The summed E-state index contributed by atoms with van der Waals surface area (Å²) in [4.78, 5) is 39.7. The van der Waals surface area contributed by atoms with Gasteiger partial charge in [0.05, 0.1) is 17.6 Å². The largest absolute Gasteiger partial charge is 0.383 e. The average Bonchev–Trinajstić information content (AvgIpc) is 2.80. The van der Waals surface area contributed by atoms with Gasteiger partial charge in [0.15, 0.2) is 0 Å². The van der Waals surface area contributed by atoms with Crippen LogP contribution in [0.1, 0.15) is 37.7 Å². The summed E-state index contributed by atoms with van der Waals surface area (Å²) in [6.45, 7) is 0. The molecule has 0 bridgehead atoms. The lowest BCUT2D eigenvalue weighted by atomic mass is 10.1. The zero-order chi connectivity index (χ0) is 23.6. The number of fused-ring (bicyclic) bond motifs is 1. The number of primary amides is 1. The second-order valence-electron chi connectivity index (χ2n) is 7.87. The molecule has 1 aromatic heterocycles. The molecule has 0 aliphatic carbocycles. The Labute approximate surface area is 192 Å². The number of benzene rings is 2. The second-order valence-corrected chi connectivity index (χ2v) is 7.87. The van der Waals surface area contributed by atoms with E-state index in [-0.39, 0.29) is 18.2 Å². The number of pyridine rings is 1. The highest BCUT2D eigenvalue weighted by molar-refractivity contribution is 6.00. The third-order valence-corrected chi connectivity index (χ3v) is 5.22. The Kier molecular flexibility index (Phi) is 8.49. The molecule has 0 radical (unpaired) electrons. The van der Waals surface area contributed by atoms with Gasteiger partial charge in [-0.2, -0.15) is 0 Å². The summed E-state index contributed by atoms with van der Waals surface area (Å²) >= 11 is 0. The lowest BCUT2D eigenvalue weighted by molar-refractivity contribution is -0.126. The van der Waals surface area contributed by atoms with Crippen molar-refractivity contribution < 1.29 is 19.5 Å². The van der Waals surface area contributed by atoms with E-state index in [4.69, 9.17) is 5.73 Å². The van der Waals surface area contributed by atoms with Crippen molar-refractivity contribution in [2.24, 2.45) is 5.73 Å². The number of aliphatic hydroxyl groups is 1. The van der Waals surface area contributed by atoms with Gasteiger partial charge in [-0.3, -0.25) is 19.4 Å². The van der Waals surface area contributed by atoms with Crippen LogP contribution in [0.25, 0.3) is 10.9 Å². The van der Waals surface area contributed by atoms with Crippen LogP contribution in [0.15, 0.2) is 60.8 Å². The third kappa shape index (κ3) is 7.40. The highest BCUT2D eigenvalue weighted by atomic mass is 16.3. The molecule has 8 heteroatoms. The summed E-state index contributed by atoms with van der Waals surface area (Å²) in [6, 6.07) is 16.6. The van der Waals surface area contributed by atoms with Gasteiger partial charge in [0.2, 0.25) is 17.7 Å². The van der Waals surface area contributed by atoms with E-state index in [2.05, 4.69) is 15.6 Å². The minimum Gasteiger partial charge on any atom is -0.383 e. The van der Waals surface area contributed by atoms with Gasteiger partial charge in [-0.15, -0.1) is 0 Å². The summed E-state index contributed by atoms with van der Waals surface area (Å²) in [5, 5.41) is 16.0. The number of nitrogens with one attached hydrogen (secondary N) is 2. The Morgan fingerprint density at radius 3 is 2.42 bits per heavy atom. The van der Waals surface area contributed by atoms with Gasteiger partial charge in [0.1, 0.15) is 6.10 Å². The Bertz CT molecular complexity index is 1110. The molecule has 3 amide bonds. The van der Waals surface area contributed by atoms with Crippen molar-refractivity contribution in [3.8, 4) is 0 Å². The fraction of sp³-hybridized carbons (Fsp3) is 0.280. The lowest BCUT2D eigenvalue weighted by Crippen LogP contribution is -2.27. The minimum absolute atomic E-state index is 0.112. The average molecular weight is 449 g/mol. The monoisotopic (exact) mass is 448 g/mol. The number of nitrogens with zero attached hydrogens (tertiary/aromatic N) is 1. The number of nitrogens with two attached hydrogens (primary N) is 1. The number of carbonyl (C=O) groups excluding carboxylic acids is 3. The second kappa shape index (κ2) is 11.7. The molecule has 33 heavy (non-hydrogen) atoms. The molecule has 1 heterocycles. The van der Waals surface area contributed by atoms with Crippen LogP contribution >= 0.6 is 0 Å². The molecular formula is C25H28N4O4. The van der Waals surface area contributed by atoms with Crippen molar-refractivity contribution in [1.82, 2.24) is 4.98 Å². The van der Waals surface area contributed by atoms with Crippen molar-refractivity contribution in [2.75, 3.05) is 10.6 Å². The van der Waals surface area contributed by atoms with Gasteiger partial charge in [0.25, 0.3) is 0 Å². The number of hydrogen-bond donors (Lipinski definition) is 4. The Morgan fingerprint density at radius 2 is 1.67 bits per heavy atom. The fourth-order valence-electron chi connectivity index (χ4n) is 3.46. The first-order valence-corrected chi connectivity index (χ1v) is 10.9. The molecular weight excluding hydrogens is 420 g/mol. The number of para-hydroxylation sites is 1. The maximum atomic E-state index is 12.5. The molecule has 5 N–H and O–H groups in total. The van der Waals surface area contributed by atoms with Gasteiger partial charge in [-0.1, -0.05) is 43.2 Å². The summed E-state index contributed by atoms with van der Waals surface area (Å²) < 4.78 is 0. The summed E-state index contributed by atoms with van der Waals surface area (Å²) in [7, 11) is 0. The first-order valence-electron chi connectivity index (χ1n) is 10.9. The van der Waals surface area contributed by atoms with E-state index in [1.807, 2.05) is 42.5 Å². The Morgan fingerprint density at radius 1 is 0.909 bits per heavy atom. The Balaban J connectivity index is 1.42. The number of unbranched alkanes of at least 4 members (excludes halogenated alkanes) is 2. The molecule has 3 aromatic rings. The summed E-state index contributed by atoms with van der Waals surface area (Å²) in [6.07, 6.45) is 3.43. The number of hydrogen-bond acceptors (Lipinski definition) is 5. The summed E-state index contributed by atoms with van der Waals surface area (Å²) in [5.41, 5.74) is 7.90. The van der Waals surface area contributed by atoms with Crippen LogP contribution in [-0.2, 0) is 20.8 Å². The number of carbonyl (C=O) groups is 3. The Hall–Kier alpha value is -3.78. The number of anilines is 2. The van der Waals surface area contributed by atoms with Crippen LogP contribution in [0.2, 0.25) is 0 Å². The quantitative estimate of drug-likeness (QED) is 0.334. The van der Waals surface area contributed by atoms with Crippen molar-refractivity contribution >= 4 is 40.0 Å². The predicted octanol–water partition coefficient (Wildman–Crippen LogP) is 3.15. The SMILES string of the molecule is NC(=O)C(O)CCCCCC(=O)Nc1ccc(CC(=O)Nc2cccc3cccnc23)cc1. The molecule has 0 aliphatic heterocycles. The van der Waals surface area contributed by atoms with Gasteiger partial charge >= 0.3 is 0 Å². The van der Waals surface area contributed by atoms with Crippen molar-refractivity contribution in [2.45, 2.75) is 44.6 Å². The van der Waals surface area contributed by atoms with Gasteiger partial charge in [0, 0.05) is 23.7 Å². The number of rotatable bonds is 11. The van der Waals surface area contributed by atoms with Crippen LogP contribution in [-0.4, -0.2) is 33.9 Å². The molecule has 1 atom stereocenters. The van der Waals surface area contributed by atoms with E-state index < -0.39 is 12.0 Å². The van der Waals surface area contributed by atoms with Crippen LogP contribution < -0.4 is 16.4 Å². The van der Waals surface area contributed by atoms with Crippen molar-refractivity contribution in [3.63, 3.8) is 0 Å². The maximum Gasteiger partial charge on any atom is 0.246 e. The van der Waals surface area contributed by atoms with Crippen LogP contribution in [0.5, 0.6) is 0 Å². The van der Waals surface area contributed by atoms with E-state index in [9.17, 15) is 19.5 Å². The standard InChI is InChI=1S/C25H28N4O4/c26-25(33)21(30)9-2-1-3-10-22(31)28-19-13-11-17(12-14-19)16-23(32)29-20-8-4-6-18-7-5-15-27-24(18)20/h4-8,11-15,21,30H,1-3,9-10,16H2,(H2,26,33)(H,28,31)(H,29,32). The van der Waals surface area contributed by atoms with Gasteiger partial charge < -0.3 is 21.5 Å². The minimum atomic E-state index is -1.12. The van der Waals surface area contributed by atoms with E-state index in [1.165, 1.54) is 0 Å². The first kappa shape index (κ1) is 23.9. The van der Waals surface area contributed by atoms with Crippen LogP contribution in [0.4, 0.5) is 11.4 Å². The molecule has 2 aromatic carbocycles. The highest BCUT2D eigenvalue weighted by Gasteiger charge is 2.11. The first-order chi connectivity index (χ1) is 15.9. The highest BCUT2D eigenvalue weighted by Crippen LogP contribution is 2.21. The maximum absolute atomic E-state index is 12.5. The zero-order valence-electron chi connectivity index (χ0n) is 18.3. The van der Waals surface area contributed by atoms with Crippen LogP contribution in [0, 0.1) is 0 Å². The van der Waals surface area contributed by atoms with Crippen LogP contribution in [0.3, 0.4) is 0 Å². The van der Waals surface area contributed by atoms with E-state index >= 15 is 0 Å². The normalized spacial score (nSPS) is 11.7. The number of aromatic nitrogens is 1. The smallest absolute Gasteiger partial charge is 0.246 e. The lowest BCUT2D eigenvalue weighted by Gasteiger charge is -2.09. The van der Waals surface area contributed by atoms with Gasteiger partial charge in [-0.05, 0) is 42.7 Å². The van der Waals surface area contributed by atoms with Crippen molar-refractivity contribution in [1.29, 1.82) is 0 Å². The zero-order valence-corrected chi connectivity index (χ0v) is 18.3. The number of aliphatic hydroxyl groups excluding tert-OH is 1.